The minimum atomic E-state index is -0.0346. The second-order valence-electron chi connectivity index (χ2n) is 15.1. The Balaban J connectivity index is 0.000000182. The first-order valence-electron chi connectivity index (χ1n) is 20.3. The molecule has 2 fully saturated rings. The van der Waals surface area contributed by atoms with Gasteiger partial charge in [-0.15, -0.1) is 0 Å². The monoisotopic (exact) mass is 848 g/mol. The van der Waals surface area contributed by atoms with Crippen molar-refractivity contribution in [3.8, 4) is 0 Å². The third kappa shape index (κ3) is 12.1. The molecular weight excluding hydrogens is 799 g/mol. The van der Waals surface area contributed by atoms with Crippen molar-refractivity contribution in [1.29, 1.82) is 0 Å². The van der Waals surface area contributed by atoms with Crippen LogP contribution in [0.1, 0.15) is 24.0 Å². The van der Waals surface area contributed by atoms with E-state index in [2.05, 4.69) is 47.2 Å². The zero-order chi connectivity index (χ0) is 41.8. The highest BCUT2D eigenvalue weighted by atomic mass is 35.5. The van der Waals surface area contributed by atoms with Crippen LogP contribution in [0, 0.1) is 0 Å². The maximum atomic E-state index is 12.3. The molecule has 4 heterocycles. The number of amides is 2. The van der Waals surface area contributed by atoms with E-state index in [0.29, 0.717) is 42.3 Å². The highest BCUT2D eigenvalue weighted by Gasteiger charge is 2.19. The lowest BCUT2D eigenvalue weighted by atomic mass is 10.1. The molecule has 13 nitrogen and oxygen atoms in total. The zero-order valence-electron chi connectivity index (χ0n) is 33.7. The molecule has 0 spiro atoms. The maximum Gasteiger partial charge on any atom is 0.225 e. The Hall–Kier alpha value is -5.44. The number of aliphatic hydroxyl groups excluding tert-OH is 1. The summed E-state index contributed by atoms with van der Waals surface area (Å²) in [6.07, 6.45) is 5.79. The van der Waals surface area contributed by atoms with Gasteiger partial charge in [0.1, 0.15) is 0 Å². The van der Waals surface area contributed by atoms with Crippen molar-refractivity contribution in [2.24, 2.45) is 0 Å². The first-order chi connectivity index (χ1) is 29.2. The highest BCUT2D eigenvalue weighted by Crippen LogP contribution is 2.23. The Morgan fingerprint density at radius 1 is 0.617 bits per heavy atom. The van der Waals surface area contributed by atoms with Crippen LogP contribution in [0.3, 0.4) is 0 Å². The molecule has 6 aromatic rings. The molecule has 0 aliphatic carbocycles. The van der Waals surface area contributed by atoms with Crippen LogP contribution in [-0.2, 0) is 22.4 Å². The number of aromatic nitrogens is 4. The summed E-state index contributed by atoms with van der Waals surface area (Å²) in [6.45, 7) is 8.26. The van der Waals surface area contributed by atoms with Gasteiger partial charge in [-0.1, -0.05) is 47.5 Å². The molecule has 15 heteroatoms. The first-order valence-corrected chi connectivity index (χ1v) is 21.1. The number of β-amino-alcohol motifs (C(OH)–C–C–N with tert-alkyl or cyclic N) is 1. The van der Waals surface area contributed by atoms with E-state index >= 15 is 0 Å². The summed E-state index contributed by atoms with van der Waals surface area (Å²) < 4.78 is 0. The molecule has 2 aliphatic heterocycles. The number of piperazine rings is 2. The number of aliphatic hydroxyl groups is 1. The molecule has 0 saturated carbocycles. The van der Waals surface area contributed by atoms with E-state index in [9.17, 15) is 9.59 Å². The summed E-state index contributed by atoms with van der Waals surface area (Å²) in [4.78, 5) is 52.0. The predicted molar refractivity (Wildman–Crippen MR) is 241 cm³/mol. The van der Waals surface area contributed by atoms with Crippen molar-refractivity contribution in [3.05, 3.63) is 118 Å². The Bertz CT molecular complexity index is 2370. The molecule has 0 radical (unpaired) electrons. The molecule has 0 bridgehead atoms. The largest absolute Gasteiger partial charge is 0.395 e. The predicted octanol–water partition coefficient (Wildman–Crippen LogP) is 6.58. The molecule has 4 aromatic carbocycles. The smallest absolute Gasteiger partial charge is 0.225 e. The van der Waals surface area contributed by atoms with Crippen LogP contribution in [0.5, 0.6) is 0 Å². The number of nitrogens with one attached hydrogen (secondary N) is 2. The summed E-state index contributed by atoms with van der Waals surface area (Å²) in [5.41, 5.74) is 5.40. The van der Waals surface area contributed by atoms with Crippen molar-refractivity contribution in [2.45, 2.75) is 25.7 Å². The number of benzene rings is 4. The maximum absolute atomic E-state index is 12.3. The molecule has 60 heavy (non-hydrogen) atoms. The summed E-state index contributed by atoms with van der Waals surface area (Å²) in [6, 6.07) is 26.6. The molecule has 2 aromatic heterocycles. The summed E-state index contributed by atoms with van der Waals surface area (Å²) in [7, 11) is 2.13. The lowest BCUT2D eigenvalue weighted by Crippen LogP contribution is -2.47. The number of aryl methyl sites for hydroxylation is 2. The van der Waals surface area contributed by atoms with E-state index in [1.807, 2.05) is 91.1 Å². The molecular formula is C45H50Cl2N10O3. The lowest BCUT2D eigenvalue weighted by molar-refractivity contribution is -0.117. The van der Waals surface area contributed by atoms with E-state index < -0.39 is 0 Å². The number of hydrogen-bond donors (Lipinski definition) is 3. The number of halogens is 2. The van der Waals surface area contributed by atoms with Crippen LogP contribution in [0.4, 0.5) is 23.3 Å². The van der Waals surface area contributed by atoms with Gasteiger partial charge in [-0.05, 0) is 91.7 Å². The van der Waals surface area contributed by atoms with Gasteiger partial charge < -0.3 is 30.4 Å². The molecule has 0 unspecified atom stereocenters. The molecule has 3 N–H and O–H groups in total. The standard InChI is InChI=1S/C23H26ClN5O2.C22H24ClN5O/c24-19-4-1-17(2-5-19)3-8-22(31)26-20-6-7-21-18(15-20)16-25-23(27-21)29-11-9-28(10-12-29)13-14-30;1-27-10-12-28(13-11-27)22-24-15-17-14-19(7-8-20(17)26-22)25-21(29)9-4-16-2-5-18(23)6-3-16/h1-2,4-7,15-16,30H,3,8-14H2,(H,26,31);2-3,5-8,14-15H,4,9-13H2,1H3,(H,25,29). The van der Waals surface area contributed by atoms with Gasteiger partial charge in [0.15, 0.2) is 0 Å². The fourth-order valence-electron chi connectivity index (χ4n) is 7.09. The average Bonchev–Trinajstić information content (AvgIpc) is 3.26. The van der Waals surface area contributed by atoms with Gasteiger partial charge in [0.05, 0.1) is 17.6 Å². The van der Waals surface area contributed by atoms with Crippen LogP contribution in [0.15, 0.2) is 97.3 Å². The molecule has 2 amide bonds. The van der Waals surface area contributed by atoms with E-state index in [1.54, 1.807) is 6.20 Å². The van der Waals surface area contributed by atoms with Gasteiger partial charge in [-0.25, -0.2) is 19.9 Å². The van der Waals surface area contributed by atoms with Crippen LogP contribution in [0.2, 0.25) is 10.0 Å². The second kappa shape index (κ2) is 20.7. The number of rotatable bonds is 12. The molecule has 0 atom stereocenters. The van der Waals surface area contributed by atoms with Gasteiger partial charge in [0.2, 0.25) is 23.7 Å². The van der Waals surface area contributed by atoms with Gasteiger partial charge in [-0.3, -0.25) is 14.5 Å². The quantitative estimate of drug-likeness (QED) is 0.123. The Labute approximate surface area is 360 Å². The molecule has 312 valence electrons. The SMILES string of the molecule is CN1CCN(c2ncc3cc(NC(=O)CCc4ccc(Cl)cc4)ccc3n2)CC1.O=C(CCc1ccc(Cl)cc1)Nc1ccc2nc(N3CCN(CCO)CC3)ncc2c1. The molecule has 8 rings (SSSR count). The Morgan fingerprint density at radius 2 is 1.05 bits per heavy atom. The van der Waals surface area contributed by atoms with Crippen molar-refractivity contribution < 1.29 is 14.7 Å². The van der Waals surface area contributed by atoms with Crippen LogP contribution >= 0.6 is 23.2 Å². The third-order valence-electron chi connectivity index (χ3n) is 10.7. The number of anilines is 4. The van der Waals surface area contributed by atoms with E-state index in [1.165, 1.54) is 0 Å². The van der Waals surface area contributed by atoms with Gasteiger partial charge >= 0.3 is 0 Å². The highest BCUT2D eigenvalue weighted by molar-refractivity contribution is 6.30. The fourth-order valence-corrected chi connectivity index (χ4v) is 7.34. The lowest BCUT2D eigenvalue weighted by Gasteiger charge is -2.34. The third-order valence-corrected chi connectivity index (χ3v) is 11.2. The number of nitrogens with zero attached hydrogens (tertiary/aromatic N) is 8. The summed E-state index contributed by atoms with van der Waals surface area (Å²) in [5, 5.41) is 18.2. The summed E-state index contributed by atoms with van der Waals surface area (Å²) >= 11 is 11.8. The minimum Gasteiger partial charge on any atom is -0.395 e. The van der Waals surface area contributed by atoms with Crippen molar-refractivity contribution in [3.63, 3.8) is 0 Å². The number of carbonyl (C=O) groups is 2. The average molecular weight is 850 g/mol. The van der Waals surface area contributed by atoms with Gasteiger partial charge in [0, 0.05) is 116 Å². The Morgan fingerprint density at radius 3 is 1.48 bits per heavy atom. The van der Waals surface area contributed by atoms with E-state index in [-0.39, 0.29) is 18.4 Å². The Kier molecular flexibility index (Phi) is 14.7. The van der Waals surface area contributed by atoms with E-state index in [4.69, 9.17) is 38.3 Å². The normalized spacial score (nSPS) is 14.8. The minimum absolute atomic E-state index is 0.0192. The van der Waals surface area contributed by atoms with Gasteiger partial charge in [0.25, 0.3) is 0 Å². The fraction of sp³-hybridized carbons (Fsp3) is 0.333. The zero-order valence-corrected chi connectivity index (χ0v) is 35.2. The number of fused-ring (bicyclic) bond motifs is 2. The first kappa shape index (κ1) is 42.7. The van der Waals surface area contributed by atoms with Crippen molar-refractivity contribution in [1.82, 2.24) is 29.7 Å². The number of hydrogen-bond acceptors (Lipinski definition) is 11. The molecule has 2 aliphatic rings. The number of likely N-dealkylation sites (N-methyl/N-ethyl adjacent to an activating group) is 1. The van der Waals surface area contributed by atoms with Crippen LogP contribution in [0.25, 0.3) is 21.8 Å². The van der Waals surface area contributed by atoms with Crippen LogP contribution in [-0.4, -0.2) is 119 Å². The van der Waals surface area contributed by atoms with E-state index in [0.717, 1.165) is 109 Å². The molecule has 2 saturated heterocycles. The number of carbonyl (C=O) groups excluding carboxylic acids is 2. The summed E-state index contributed by atoms with van der Waals surface area (Å²) in [5.74, 6) is 1.43. The van der Waals surface area contributed by atoms with Crippen LogP contribution < -0.4 is 20.4 Å². The van der Waals surface area contributed by atoms with Gasteiger partial charge in [-0.2, -0.15) is 0 Å². The topological polar surface area (TPSA) is 143 Å². The van der Waals surface area contributed by atoms with Crippen molar-refractivity contribution in [2.75, 3.05) is 93.0 Å². The van der Waals surface area contributed by atoms with Crippen molar-refractivity contribution >= 4 is 80.1 Å². The second-order valence-corrected chi connectivity index (χ2v) is 16.0.